The molecule has 1 heterocycles. The molecule has 0 spiro atoms. The van der Waals surface area contributed by atoms with Crippen molar-refractivity contribution in [3.8, 4) is 0 Å². The van der Waals surface area contributed by atoms with Gasteiger partial charge in [-0.3, -0.25) is 10.1 Å². The van der Waals surface area contributed by atoms with Gasteiger partial charge in [0.2, 0.25) is 0 Å². The predicted molar refractivity (Wildman–Crippen MR) is 71.0 cm³/mol. The second-order valence-electron chi connectivity index (χ2n) is 4.09. The van der Waals surface area contributed by atoms with Gasteiger partial charge in [0.05, 0.1) is 11.5 Å². The molecule has 0 radical (unpaired) electrons. The molecule has 2 aromatic rings. The molecule has 0 unspecified atom stereocenters. The second-order valence-corrected chi connectivity index (χ2v) is 4.09. The van der Waals surface area contributed by atoms with Gasteiger partial charge in [0.25, 0.3) is 5.69 Å². The van der Waals surface area contributed by atoms with Crippen LogP contribution in [0.4, 0.5) is 11.4 Å². The first kappa shape index (κ1) is 13.0. The zero-order valence-electron chi connectivity index (χ0n) is 10.6. The van der Waals surface area contributed by atoms with Gasteiger partial charge in [0.15, 0.2) is 0 Å². The maximum absolute atomic E-state index is 11.1. The molecule has 7 nitrogen and oxygen atoms in total. The van der Waals surface area contributed by atoms with Crippen LogP contribution in [-0.2, 0) is 6.54 Å². The van der Waals surface area contributed by atoms with Crippen LogP contribution < -0.4 is 5.32 Å². The van der Waals surface area contributed by atoms with Crippen LogP contribution in [0.25, 0.3) is 0 Å². The standard InChI is InChI=1S/C12H15N5O2/c1-2-6-14-12-10(7-16-9-13-8-15-16)4-3-5-11(12)17(18)19/h3-5,8-9,14H,2,6-7H2,1H3. The molecule has 0 saturated carbocycles. The predicted octanol–water partition coefficient (Wildman–Crippen LogP) is 2.06. The minimum absolute atomic E-state index is 0.0889. The second kappa shape index (κ2) is 5.94. The molecule has 2 rings (SSSR count). The number of aromatic nitrogens is 3. The summed E-state index contributed by atoms with van der Waals surface area (Å²) in [5.74, 6) is 0. The minimum Gasteiger partial charge on any atom is -0.379 e. The lowest BCUT2D eigenvalue weighted by Crippen LogP contribution is -2.09. The average Bonchev–Trinajstić information content (AvgIpc) is 2.89. The molecule has 0 aliphatic carbocycles. The number of nitro benzene ring substituents is 1. The highest BCUT2D eigenvalue weighted by molar-refractivity contribution is 5.66. The van der Waals surface area contributed by atoms with Crippen molar-refractivity contribution in [2.75, 3.05) is 11.9 Å². The van der Waals surface area contributed by atoms with E-state index >= 15 is 0 Å². The Kier molecular flexibility index (Phi) is 4.07. The third kappa shape index (κ3) is 3.06. The number of hydrogen-bond donors (Lipinski definition) is 1. The molecule has 0 bridgehead atoms. The summed E-state index contributed by atoms with van der Waals surface area (Å²) in [7, 11) is 0. The summed E-state index contributed by atoms with van der Waals surface area (Å²) in [5.41, 5.74) is 1.48. The van der Waals surface area contributed by atoms with Crippen molar-refractivity contribution >= 4 is 11.4 Å². The first-order chi connectivity index (χ1) is 9.22. The molecule has 19 heavy (non-hydrogen) atoms. The molecule has 0 fully saturated rings. The maximum Gasteiger partial charge on any atom is 0.292 e. The highest BCUT2D eigenvalue weighted by Crippen LogP contribution is 2.28. The highest BCUT2D eigenvalue weighted by atomic mass is 16.6. The minimum atomic E-state index is -0.372. The summed E-state index contributed by atoms with van der Waals surface area (Å²) in [6.45, 7) is 3.15. The molecule has 0 aliphatic rings. The lowest BCUT2D eigenvalue weighted by molar-refractivity contribution is -0.384. The number of nitro groups is 1. The van der Waals surface area contributed by atoms with E-state index in [1.54, 1.807) is 17.1 Å². The Morgan fingerprint density at radius 3 is 2.95 bits per heavy atom. The van der Waals surface area contributed by atoms with Gasteiger partial charge in [-0.15, -0.1) is 0 Å². The van der Waals surface area contributed by atoms with E-state index < -0.39 is 0 Å². The van der Waals surface area contributed by atoms with Crippen LogP contribution in [-0.4, -0.2) is 26.2 Å². The van der Waals surface area contributed by atoms with Gasteiger partial charge >= 0.3 is 0 Å². The van der Waals surface area contributed by atoms with Crippen LogP contribution in [0.3, 0.4) is 0 Å². The Balaban J connectivity index is 2.35. The summed E-state index contributed by atoms with van der Waals surface area (Å²) in [5, 5.41) is 18.2. The fourth-order valence-electron chi connectivity index (χ4n) is 1.81. The molecule has 1 N–H and O–H groups in total. The van der Waals surface area contributed by atoms with Gasteiger partial charge in [0.1, 0.15) is 18.3 Å². The first-order valence-electron chi connectivity index (χ1n) is 6.05. The van der Waals surface area contributed by atoms with Crippen LogP contribution in [0.2, 0.25) is 0 Å². The fraction of sp³-hybridized carbons (Fsp3) is 0.333. The number of nitrogens with one attached hydrogen (secondary N) is 1. The quantitative estimate of drug-likeness (QED) is 0.635. The van der Waals surface area contributed by atoms with Crippen molar-refractivity contribution in [3.05, 3.63) is 46.5 Å². The molecular weight excluding hydrogens is 246 g/mol. The Labute approximate surface area is 110 Å². The smallest absolute Gasteiger partial charge is 0.292 e. The summed E-state index contributed by atoms with van der Waals surface area (Å²) >= 11 is 0. The molecule has 0 atom stereocenters. The zero-order valence-corrected chi connectivity index (χ0v) is 10.6. The molecule has 0 saturated heterocycles. The van der Waals surface area contributed by atoms with Crippen LogP contribution >= 0.6 is 0 Å². The Morgan fingerprint density at radius 2 is 2.32 bits per heavy atom. The van der Waals surface area contributed by atoms with Crippen LogP contribution in [0.5, 0.6) is 0 Å². The lowest BCUT2D eigenvalue weighted by atomic mass is 10.1. The Hall–Kier alpha value is -2.44. The van der Waals surface area contributed by atoms with Crippen molar-refractivity contribution in [1.29, 1.82) is 0 Å². The van der Waals surface area contributed by atoms with E-state index in [2.05, 4.69) is 15.4 Å². The Bertz CT molecular complexity index is 553. The number of nitrogens with zero attached hydrogens (tertiary/aromatic N) is 4. The van der Waals surface area contributed by atoms with Gasteiger partial charge in [-0.25, -0.2) is 9.67 Å². The van der Waals surface area contributed by atoms with Crippen molar-refractivity contribution in [1.82, 2.24) is 14.8 Å². The molecule has 0 aliphatic heterocycles. The van der Waals surface area contributed by atoms with E-state index in [-0.39, 0.29) is 10.6 Å². The molecule has 1 aromatic heterocycles. The summed E-state index contributed by atoms with van der Waals surface area (Å²) in [6, 6.07) is 5.04. The largest absolute Gasteiger partial charge is 0.379 e. The average molecular weight is 261 g/mol. The zero-order chi connectivity index (χ0) is 13.7. The number of benzene rings is 1. The molecular formula is C12H15N5O2. The van der Waals surface area contributed by atoms with Gasteiger partial charge in [-0.2, -0.15) is 5.10 Å². The summed E-state index contributed by atoms with van der Waals surface area (Å²) in [4.78, 5) is 14.6. The van der Waals surface area contributed by atoms with E-state index in [4.69, 9.17) is 0 Å². The Morgan fingerprint density at radius 1 is 1.47 bits per heavy atom. The third-order valence-corrected chi connectivity index (χ3v) is 2.68. The first-order valence-corrected chi connectivity index (χ1v) is 6.05. The topological polar surface area (TPSA) is 85.9 Å². The molecule has 7 heteroatoms. The number of rotatable bonds is 6. The normalized spacial score (nSPS) is 10.4. The van der Waals surface area contributed by atoms with Crippen molar-refractivity contribution in [2.24, 2.45) is 0 Å². The van der Waals surface area contributed by atoms with Crippen LogP contribution in [0.15, 0.2) is 30.9 Å². The van der Waals surface area contributed by atoms with Crippen molar-refractivity contribution in [2.45, 2.75) is 19.9 Å². The SMILES string of the molecule is CCCNc1c(Cn2cncn2)cccc1[N+](=O)[O-]. The van der Waals surface area contributed by atoms with E-state index in [0.717, 1.165) is 12.0 Å². The number of hydrogen-bond acceptors (Lipinski definition) is 5. The molecule has 100 valence electrons. The van der Waals surface area contributed by atoms with Crippen LogP contribution in [0.1, 0.15) is 18.9 Å². The lowest BCUT2D eigenvalue weighted by Gasteiger charge is -2.11. The third-order valence-electron chi connectivity index (χ3n) is 2.68. The molecule has 0 amide bonds. The highest BCUT2D eigenvalue weighted by Gasteiger charge is 2.17. The van der Waals surface area contributed by atoms with Crippen LogP contribution in [0, 0.1) is 10.1 Å². The van der Waals surface area contributed by atoms with Gasteiger partial charge in [-0.05, 0) is 6.42 Å². The molecule has 1 aromatic carbocycles. The maximum atomic E-state index is 11.1. The summed E-state index contributed by atoms with van der Waals surface area (Å²) in [6.07, 6.45) is 3.92. The van der Waals surface area contributed by atoms with Crippen molar-refractivity contribution in [3.63, 3.8) is 0 Å². The summed E-state index contributed by atoms with van der Waals surface area (Å²) < 4.78 is 1.64. The monoisotopic (exact) mass is 261 g/mol. The van der Waals surface area contributed by atoms with Crippen molar-refractivity contribution < 1.29 is 4.92 Å². The number of anilines is 1. The van der Waals surface area contributed by atoms with Gasteiger partial charge in [-0.1, -0.05) is 19.1 Å². The fourth-order valence-corrected chi connectivity index (χ4v) is 1.81. The van der Waals surface area contributed by atoms with E-state index in [1.165, 1.54) is 12.4 Å². The van der Waals surface area contributed by atoms with Gasteiger partial charge < -0.3 is 5.32 Å². The van der Waals surface area contributed by atoms with E-state index in [1.807, 2.05) is 13.0 Å². The van der Waals surface area contributed by atoms with E-state index in [9.17, 15) is 10.1 Å². The number of para-hydroxylation sites is 1. The van der Waals surface area contributed by atoms with Gasteiger partial charge in [0, 0.05) is 18.2 Å². The van der Waals surface area contributed by atoms with E-state index in [0.29, 0.717) is 18.8 Å².